The fourth-order valence-electron chi connectivity index (χ4n) is 7.17. The van der Waals surface area contributed by atoms with Crippen molar-refractivity contribution in [2.24, 2.45) is 17.8 Å². The van der Waals surface area contributed by atoms with Crippen molar-refractivity contribution in [1.82, 2.24) is 4.90 Å². The summed E-state index contributed by atoms with van der Waals surface area (Å²) in [4.78, 5) is 51.7. The molecule has 1 amide bonds. The molecule has 3 atom stereocenters. The zero-order chi connectivity index (χ0) is 40.5. The molecule has 296 valence electrons. The molecule has 0 N–H and O–H groups in total. The fraction of sp³-hybridized carbons (Fsp3) is 0.432. The van der Waals surface area contributed by atoms with Gasteiger partial charge in [-0.15, -0.1) is 0 Å². The Hall–Kier alpha value is -4.91. The van der Waals surface area contributed by atoms with Gasteiger partial charge in [-0.05, 0) is 35.1 Å². The number of likely N-dealkylation sites (N-methyl/N-ethyl adjacent to an activating group) is 1. The maximum atomic E-state index is 13.6. The number of hydrogen-bond acceptors (Lipinski definition) is 11. The van der Waals surface area contributed by atoms with E-state index in [0.717, 1.165) is 54.5 Å². The first-order chi connectivity index (χ1) is 25.7. The first-order valence-electron chi connectivity index (χ1n) is 17.4. The number of benzene rings is 3. The second-order valence-corrected chi connectivity index (χ2v) is 15.6. The number of nitro benzene ring substituents is 1. The van der Waals surface area contributed by atoms with Crippen LogP contribution in [0.5, 0.6) is 5.75 Å². The smallest absolute Gasteiger partial charge is 0.485 e. The van der Waals surface area contributed by atoms with Crippen LogP contribution < -0.4 is 4.74 Å². The number of quaternary nitrogens is 1. The van der Waals surface area contributed by atoms with Crippen LogP contribution in [0.15, 0.2) is 71.9 Å². The maximum Gasteiger partial charge on any atom is 0.485 e. The number of rotatable bonds is 10. The molecule has 18 heteroatoms. The number of halogens is 3. The highest BCUT2D eigenvalue weighted by atomic mass is 32.2. The molecule has 3 aromatic rings. The quantitative estimate of drug-likeness (QED) is 0.0395. The van der Waals surface area contributed by atoms with Gasteiger partial charge < -0.3 is 28.1 Å². The van der Waals surface area contributed by atoms with Gasteiger partial charge in [0.15, 0.2) is 10.1 Å². The van der Waals surface area contributed by atoms with Crippen LogP contribution in [0.1, 0.15) is 36.7 Å². The van der Waals surface area contributed by atoms with Crippen LogP contribution in [0.2, 0.25) is 0 Å². The van der Waals surface area contributed by atoms with E-state index < -0.39 is 32.5 Å². The topological polar surface area (TPSA) is 182 Å². The lowest BCUT2D eigenvalue weighted by molar-refractivity contribution is -0.916. The molecule has 2 saturated heterocycles. The first-order valence-corrected chi connectivity index (χ1v) is 18.8. The molecular formula is C37H40F3N3O11S. The number of nitrogens with zero attached hydrogens (tertiary/aromatic N) is 3. The Kier molecular flexibility index (Phi) is 12.0. The van der Waals surface area contributed by atoms with E-state index in [9.17, 15) is 37.7 Å². The minimum atomic E-state index is -6.09. The molecule has 6 rings (SSSR count). The zero-order valence-electron chi connectivity index (χ0n) is 30.4. The Morgan fingerprint density at radius 3 is 2.20 bits per heavy atom. The number of esters is 2. The van der Waals surface area contributed by atoms with Crippen LogP contribution in [-0.4, -0.2) is 103 Å². The number of carbonyl (C=O) groups is 3. The van der Waals surface area contributed by atoms with E-state index in [1.807, 2.05) is 45.0 Å². The molecule has 3 aliphatic rings. The second-order valence-electron chi connectivity index (χ2n) is 14.2. The molecule has 0 spiro atoms. The highest BCUT2D eigenvalue weighted by molar-refractivity contribution is 7.86. The molecule has 0 radical (unpaired) electrons. The Morgan fingerprint density at radius 1 is 1.02 bits per heavy atom. The molecule has 0 aromatic heterocycles. The van der Waals surface area contributed by atoms with Gasteiger partial charge in [0.1, 0.15) is 31.1 Å². The summed E-state index contributed by atoms with van der Waals surface area (Å²) in [7, 11) is -3.81. The number of β-lactam (4-membered cyclic amide) rings is 1. The summed E-state index contributed by atoms with van der Waals surface area (Å²) in [5, 5.41) is 13.1. The molecule has 0 bridgehead atoms. The lowest BCUT2D eigenvalue weighted by Gasteiger charge is -2.47. The summed E-state index contributed by atoms with van der Waals surface area (Å²) in [5.41, 5.74) is -4.00. The third-order valence-corrected chi connectivity index (χ3v) is 10.9. The van der Waals surface area contributed by atoms with Crippen LogP contribution >= 0.6 is 0 Å². The molecule has 0 aliphatic carbocycles. The summed E-state index contributed by atoms with van der Waals surface area (Å²) in [6.07, 6.45) is 0.910. The van der Waals surface area contributed by atoms with Crippen LogP contribution in [0.3, 0.4) is 0 Å². The number of carbonyl (C=O) groups excluding carboxylic acids is 3. The minimum Gasteiger partial charge on any atom is -0.741 e. The Bertz CT molecular complexity index is 2120. The zero-order valence-corrected chi connectivity index (χ0v) is 31.2. The normalized spacial score (nSPS) is 20.7. The minimum absolute atomic E-state index is 0.0175. The Balaban J connectivity index is 0.000000654. The molecule has 14 nitrogen and oxygen atoms in total. The third-order valence-electron chi connectivity index (χ3n) is 10.3. The molecule has 55 heavy (non-hydrogen) atoms. The SMILES string of the molecule is CC(C)[C@H]1C(=O)N2C(C(=O)OC(=O)c3ccc([N+](=O)[O-])cc3)=C(COc3cccc4c(CC[N+]5(C)CCOCC5)cccc34)[C@H](C)[C@H]12.O=S(=O)([O-])C(F)(F)F. The molecule has 3 aromatic carbocycles. The summed E-state index contributed by atoms with van der Waals surface area (Å²) in [5.74, 6) is -1.86. The van der Waals surface area contributed by atoms with E-state index >= 15 is 0 Å². The Labute approximate surface area is 314 Å². The van der Waals surface area contributed by atoms with Gasteiger partial charge in [0.2, 0.25) is 5.91 Å². The lowest BCUT2D eigenvalue weighted by atomic mass is 9.74. The van der Waals surface area contributed by atoms with Crippen molar-refractivity contribution in [3.8, 4) is 5.75 Å². The van der Waals surface area contributed by atoms with Crippen molar-refractivity contribution in [2.45, 2.75) is 38.7 Å². The summed E-state index contributed by atoms with van der Waals surface area (Å²) < 4.78 is 77.1. The average molecular weight is 792 g/mol. The van der Waals surface area contributed by atoms with E-state index in [1.165, 1.54) is 34.7 Å². The van der Waals surface area contributed by atoms with Gasteiger partial charge in [0.25, 0.3) is 5.69 Å². The largest absolute Gasteiger partial charge is 0.741 e. The number of amides is 1. The lowest BCUT2D eigenvalue weighted by Crippen LogP contribution is -2.62. The number of morpholine rings is 1. The number of alkyl halides is 3. The van der Waals surface area contributed by atoms with Gasteiger partial charge in [-0.3, -0.25) is 14.9 Å². The molecule has 3 heterocycles. The molecule has 3 aliphatic heterocycles. The van der Waals surface area contributed by atoms with Gasteiger partial charge in [-0.25, -0.2) is 18.0 Å². The highest BCUT2D eigenvalue weighted by Gasteiger charge is 2.59. The van der Waals surface area contributed by atoms with Gasteiger partial charge in [0.05, 0.1) is 49.3 Å². The van der Waals surface area contributed by atoms with Crippen molar-refractivity contribution in [3.05, 3.63) is 93.2 Å². The number of hydrogen-bond donors (Lipinski definition) is 0. The summed E-state index contributed by atoms with van der Waals surface area (Å²) >= 11 is 0. The van der Waals surface area contributed by atoms with E-state index in [4.69, 9.17) is 27.2 Å². The van der Waals surface area contributed by atoms with Crippen molar-refractivity contribution >= 4 is 44.4 Å². The summed E-state index contributed by atoms with van der Waals surface area (Å²) in [6, 6.07) is 16.7. The number of nitro groups is 1. The molecule has 0 saturated carbocycles. The standard InChI is InChI=1S/C36H40N3O8.CHF3O3S/c1-22(2)31-32-23(3)29(33(37(32)34(31)40)36(42)47-35(41)25-11-13-26(14-12-25)38(43)44)21-46-30-10-6-8-27-24(7-5-9-28(27)30)15-16-39(4)17-19-45-20-18-39;2-1(3,4)8(5,6)7/h5-14,22-23,31-32H,15-21H2,1-4H3;(H,5,6,7)/q+1;/p-1/t23-,31+,32+;/m0./s1. The number of non-ortho nitro benzene ring substituents is 1. The number of fused-ring (bicyclic) bond motifs is 2. The second kappa shape index (κ2) is 16.1. The van der Waals surface area contributed by atoms with Crippen LogP contribution in [0.25, 0.3) is 10.8 Å². The van der Waals surface area contributed by atoms with Crippen LogP contribution in [0, 0.1) is 27.9 Å². The van der Waals surface area contributed by atoms with Gasteiger partial charge in [0, 0.05) is 35.4 Å². The Morgan fingerprint density at radius 2 is 1.62 bits per heavy atom. The van der Waals surface area contributed by atoms with Crippen LogP contribution in [-0.2, 0) is 35.6 Å². The average Bonchev–Trinajstić information content (AvgIpc) is 3.36. The van der Waals surface area contributed by atoms with Gasteiger partial charge in [-0.1, -0.05) is 51.1 Å². The van der Waals surface area contributed by atoms with E-state index in [2.05, 4.69) is 19.2 Å². The fourth-order valence-corrected chi connectivity index (χ4v) is 7.17. The predicted molar refractivity (Wildman–Crippen MR) is 189 cm³/mol. The molecule has 0 unspecified atom stereocenters. The highest BCUT2D eigenvalue weighted by Crippen LogP contribution is 2.49. The monoisotopic (exact) mass is 791 g/mol. The maximum absolute atomic E-state index is 13.6. The molecular weight excluding hydrogens is 751 g/mol. The van der Waals surface area contributed by atoms with Crippen molar-refractivity contribution in [3.63, 3.8) is 0 Å². The van der Waals surface area contributed by atoms with Gasteiger partial charge in [-0.2, -0.15) is 13.2 Å². The molecule has 2 fully saturated rings. The van der Waals surface area contributed by atoms with Crippen molar-refractivity contribution < 1.29 is 64.1 Å². The third kappa shape index (κ3) is 8.82. The van der Waals surface area contributed by atoms with E-state index in [-0.39, 0.29) is 53.3 Å². The van der Waals surface area contributed by atoms with Crippen LogP contribution in [0.4, 0.5) is 18.9 Å². The summed E-state index contributed by atoms with van der Waals surface area (Å²) in [6.45, 7) is 10.5. The van der Waals surface area contributed by atoms with Gasteiger partial charge >= 0.3 is 17.4 Å². The van der Waals surface area contributed by atoms with E-state index in [1.54, 1.807) is 0 Å². The van der Waals surface area contributed by atoms with E-state index in [0.29, 0.717) is 11.3 Å². The first kappa shape index (κ1) is 41.3. The predicted octanol–water partition coefficient (Wildman–Crippen LogP) is 4.97. The van der Waals surface area contributed by atoms with Crippen molar-refractivity contribution in [2.75, 3.05) is 46.5 Å². The van der Waals surface area contributed by atoms with Crippen molar-refractivity contribution in [1.29, 1.82) is 0 Å². The number of ether oxygens (including phenoxy) is 3.